The summed E-state index contributed by atoms with van der Waals surface area (Å²) in [7, 11) is 0. The lowest BCUT2D eigenvalue weighted by molar-refractivity contribution is -0.385. The average molecular weight is 455 g/mol. The fraction of sp³-hybridized carbons (Fsp3) is 0.235. The van der Waals surface area contributed by atoms with Crippen LogP contribution in [-0.2, 0) is 12.4 Å². The molecule has 0 amide bonds. The van der Waals surface area contributed by atoms with E-state index in [9.17, 15) is 10.1 Å². The van der Waals surface area contributed by atoms with Crippen molar-refractivity contribution in [3.63, 3.8) is 0 Å². The lowest BCUT2D eigenvalue weighted by Crippen LogP contribution is -2.12. The maximum atomic E-state index is 10.8. The van der Waals surface area contributed by atoms with E-state index in [0.717, 1.165) is 0 Å². The first-order valence-electron chi connectivity index (χ1n) is 8.34. The van der Waals surface area contributed by atoms with E-state index < -0.39 is 11.0 Å². The third-order valence-corrected chi connectivity index (χ3v) is 5.28. The third kappa shape index (κ3) is 5.08. The smallest absolute Gasteiger partial charge is 0.307 e. The van der Waals surface area contributed by atoms with Crippen LogP contribution in [0.3, 0.4) is 0 Å². The number of rotatable bonds is 9. The highest BCUT2D eigenvalue weighted by atomic mass is 35.5. The quantitative estimate of drug-likeness (QED) is 0.198. The molecule has 152 valence electrons. The van der Waals surface area contributed by atoms with Gasteiger partial charge in [0.05, 0.1) is 15.8 Å². The summed E-state index contributed by atoms with van der Waals surface area (Å²) in [6, 6.07) is 4.97. The lowest BCUT2D eigenvalue weighted by atomic mass is 10.3. The predicted octanol–water partition coefficient (Wildman–Crippen LogP) is 4.77. The van der Waals surface area contributed by atoms with Crippen LogP contribution in [0.15, 0.2) is 48.4 Å². The number of ether oxygens (including phenoxy) is 1. The topological polar surface area (TPSA) is 101 Å². The van der Waals surface area contributed by atoms with Crippen molar-refractivity contribution in [2.45, 2.75) is 30.6 Å². The Labute approximate surface area is 180 Å². The van der Waals surface area contributed by atoms with E-state index in [4.69, 9.17) is 27.9 Å². The van der Waals surface area contributed by atoms with Crippen molar-refractivity contribution in [3.05, 3.63) is 69.2 Å². The second-order valence-corrected chi connectivity index (χ2v) is 7.60. The SMILES string of the molecule is C=CCn1c(SCn2cc([N+](=O)[O-])cn2)nnc1C(C)Oc1cc(Cl)ccc1Cl. The van der Waals surface area contributed by atoms with Gasteiger partial charge in [-0.1, -0.05) is 41.0 Å². The number of thioether (sulfide) groups is 1. The highest BCUT2D eigenvalue weighted by Crippen LogP contribution is 2.32. The number of hydrogen-bond donors (Lipinski definition) is 0. The van der Waals surface area contributed by atoms with E-state index in [-0.39, 0.29) is 5.69 Å². The molecule has 0 aliphatic heterocycles. The Hall–Kier alpha value is -2.56. The maximum Gasteiger partial charge on any atom is 0.307 e. The molecule has 1 unspecified atom stereocenters. The molecule has 3 rings (SSSR count). The average Bonchev–Trinajstić information content (AvgIpc) is 3.30. The Bertz CT molecular complexity index is 1040. The summed E-state index contributed by atoms with van der Waals surface area (Å²) in [5, 5.41) is 24.7. The molecular weight excluding hydrogens is 439 g/mol. The lowest BCUT2D eigenvalue weighted by Gasteiger charge is -2.16. The minimum Gasteiger partial charge on any atom is -0.481 e. The van der Waals surface area contributed by atoms with Crippen LogP contribution < -0.4 is 4.74 Å². The molecule has 0 aliphatic carbocycles. The fourth-order valence-corrected chi connectivity index (χ4v) is 3.60. The van der Waals surface area contributed by atoms with E-state index in [1.165, 1.54) is 28.8 Å². The van der Waals surface area contributed by atoms with Gasteiger partial charge in [0.2, 0.25) is 0 Å². The number of aromatic nitrogens is 5. The molecule has 0 saturated carbocycles. The molecule has 0 saturated heterocycles. The standard InChI is InChI=1S/C17H16Cl2N6O3S/c1-3-6-24-16(11(2)28-15-7-12(18)4-5-14(15)19)21-22-17(24)29-10-23-9-13(8-20-23)25(26)27/h3-5,7-9,11H,1,6,10H2,2H3. The van der Waals surface area contributed by atoms with Gasteiger partial charge in [-0.15, -0.1) is 16.8 Å². The molecule has 9 nitrogen and oxygen atoms in total. The first kappa shape index (κ1) is 21.2. The molecule has 0 fully saturated rings. The number of benzene rings is 1. The molecule has 0 aliphatic rings. The van der Waals surface area contributed by atoms with Crippen molar-refractivity contribution >= 4 is 40.7 Å². The first-order chi connectivity index (χ1) is 13.9. The molecule has 0 bridgehead atoms. The van der Waals surface area contributed by atoms with Gasteiger partial charge in [-0.05, 0) is 19.1 Å². The van der Waals surface area contributed by atoms with Gasteiger partial charge < -0.3 is 4.74 Å². The zero-order valence-electron chi connectivity index (χ0n) is 15.2. The third-order valence-electron chi connectivity index (χ3n) is 3.77. The second-order valence-electron chi connectivity index (χ2n) is 5.84. The molecule has 12 heteroatoms. The molecule has 0 radical (unpaired) electrons. The van der Waals surface area contributed by atoms with Gasteiger partial charge in [-0.25, -0.2) is 0 Å². The Morgan fingerprint density at radius 3 is 2.90 bits per heavy atom. The number of allylic oxidation sites excluding steroid dienone is 1. The summed E-state index contributed by atoms with van der Waals surface area (Å²) >= 11 is 13.5. The van der Waals surface area contributed by atoms with Gasteiger partial charge >= 0.3 is 5.69 Å². The molecule has 2 aromatic heterocycles. The normalized spacial score (nSPS) is 12.0. The summed E-state index contributed by atoms with van der Waals surface area (Å²) in [6.45, 7) is 6.06. The van der Waals surface area contributed by atoms with Crippen LogP contribution in [0.2, 0.25) is 10.0 Å². The minimum atomic E-state index is -0.494. The molecule has 0 spiro atoms. The molecular formula is C17H16Cl2N6O3S. The number of hydrogen-bond acceptors (Lipinski definition) is 7. The summed E-state index contributed by atoms with van der Waals surface area (Å²) in [4.78, 5) is 10.3. The van der Waals surface area contributed by atoms with Gasteiger partial charge in [-0.2, -0.15) is 5.10 Å². The summed E-state index contributed by atoms with van der Waals surface area (Å²) in [6.07, 6.45) is 3.81. The van der Waals surface area contributed by atoms with Crippen molar-refractivity contribution in [2.75, 3.05) is 0 Å². The number of nitro groups is 1. The van der Waals surface area contributed by atoms with Crippen LogP contribution >= 0.6 is 35.0 Å². The largest absolute Gasteiger partial charge is 0.481 e. The molecule has 3 aromatic rings. The molecule has 0 N–H and O–H groups in total. The summed E-state index contributed by atoms with van der Waals surface area (Å²) in [5.41, 5.74) is -0.0701. The summed E-state index contributed by atoms with van der Waals surface area (Å²) < 4.78 is 9.23. The van der Waals surface area contributed by atoms with Gasteiger partial charge in [0.25, 0.3) is 0 Å². The maximum absolute atomic E-state index is 10.8. The van der Waals surface area contributed by atoms with Crippen molar-refractivity contribution in [3.8, 4) is 5.75 Å². The molecule has 29 heavy (non-hydrogen) atoms. The zero-order valence-corrected chi connectivity index (χ0v) is 17.6. The molecule has 2 heterocycles. The number of nitrogens with zero attached hydrogens (tertiary/aromatic N) is 6. The van der Waals surface area contributed by atoms with Crippen LogP contribution in [0.5, 0.6) is 5.75 Å². The van der Waals surface area contributed by atoms with Crippen LogP contribution in [0.1, 0.15) is 18.9 Å². The zero-order chi connectivity index (χ0) is 21.0. The molecule has 1 aromatic carbocycles. The number of halogens is 2. The Kier molecular flexibility index (Phi) is 6.78. The first-order valence-corrected chi connectivity index (χ1v) is 10.1. The van der Waals surface area contributed by atoms with Gasteiger partial charge in [0.1, 0.15) is 18.1 Å². The monoisotopic (exact) mass is 454 g/mol. The Morgan fingerprint density at radius 2 is 2.21 bits per heavy atom. The van der Waals surface area contributed by atoms with Crippen LogP contribution in [0.4, 0.5) is 5.69 Å². The minimum absolute atomic E-state index is 0.0701. The Morgan fingerprint density at radius 1 is 1.41 bits per heavy atom. The van der Waals surface area contributed by atoms with Crippen molar-refractivity contribution < 1.29 is 9.66 Å². The van der Waals surface area contributed by atoms with E-state index >= 15 is 0 Å². The predicted molar refractivity (Wildman–Crippen MR) is 110 cm³/mol. The van der Waals surface area contributed by atoms with Crippen LogP contribution in [-0.4, -0.2) is 29.5 Å². The summed E-state index contributed by atoms with van der Waals surface area (Å²) in [5.74, 6) is 1.35. The van der Waals surface area contributed by atoms with Gasteiger partial charge in [0.15, 0.2) is 17.1 Å². The molecule has 1 atom stereocenters. The van der Waals surface area contributed by atoms with Crippen LogP contribution in [0, 0.1) is 10.1 Å². The van der Waals surface area contributed by atoms with E-state index in [1.54, 1.807) is 24.3 Å². The van der Waals surface area contributed by atoms with E-state index in [1.807, 2.05) is 11.5 Å². The van der Waals surface area contributed by atoms with Crippen molar-refractivity contribution in [1.29, 1.82) is 0 Å². The highest BCUT2D eigenvalue weighted by molar-refractivity contribution is 7.98. The van der Waals surface area contributed by atoms with Crippen LogP contribution in [0.25, 0.3) is 0 Å². The van der Waals surface area contributed by atoms with E-state index in [2.05, 4.69) is 21.9 Å². The van der Waals surface area contributed by atoms with E-state index in [0.29, 0.717) is 39.2 Å². The van der Waals surface area contributed by atoms with Crippen molar-refractivity contribution in [1.82, 2.24) is 24.5 Å². The fourth-order valence-electron chi connectivity index (χ4n) is 2.46. The van der Waals surface area contributed by atoms with Gasteiger partial charge in [0, 0.05) is 17.6 Å². The second kappa shape index (κ2) is 9.29. The van der Waals surface area contributed by atoms with Crippen molar-refractivity contribution in [2.24, 2.45) is 0 Å². The van der Waals surface area contributed by atoms with Gasteiger partial charge in [-0.3, -0.25) is 19.4 Å². The highest BCUT2D eigenvalue weighted by Gasteiger charge is 2.20. The Balaban J connectivity index is 1.77.